The molecular formula is C8H16N2O. The molecule has 64 valence electrons. The van der Waals surface area contributed by atoms with Gasteiger partial charge in [-0.15, -0.1) is 0 Å². The van der Waals surface area contributed by atoms with Gasteiger partial charge in [0.15, 0.2) is 0 Å². The van der Waals surface area contributed by atoms with Crippen molar-refractivity contribution in [3.05, 3.63) is 0 Å². The van der Waals surface area contributed by atoms with Gasteiger partial charge >= 0.3 is 0 Å². The lowest BCUT2D eigenvalue weighted by atomic mass is 9.88. The fourth-order valence-electron chi connectivity index (χ4n) is 1.90. The van der Waals surface area contributed by atoms with Crippen molar-refractivity contribution in [2.24, 2.45) is 0 Å². The zero-order valence-electron chi connectivity index (χ0n) is 6.79. The SMILES string of the molecule is OC1CC(N2CCNCC2)C1. The second-order valence-electron chi connectivity index (χ2n) is 3.57. The van der Waals surface area contributed by atoms with Crippen molar-refractivity contribution in [3.8, 4) is 0 Å². The molecule has 0 spiro atoms. The summed E-state index contributed by atoms with van der Waals surface area (Å²) in [5, 5.41) is 12.4. The molecule has 0 aromatic carbocycles. The van der Waals surface area contributed by atoms with Crippen molar-refractivity contribution in [2.75, 3.05) is 26.2 Å². The van der Waals surface area contributed by atoms with Gasteiger partial charge < -0.3 is 10.4 Å². The molecule has 0 amide bonds. The van der Waals surface area contributed by atoms with Crippen LogP contribution in [0.3, 0.4) is 0 Å². The van der Waals surface area contributed by atoms with Crippen LogP contribution in [0.1, 0.15) is 12.8 Å². The second-order valence-corrected chi connectivity index (χ2v) is 3.57. The Morgan fingerprint density at radius 2 is 1.82 bits per heavy atom. The molecule has 3 heteroatoms. The van der Waals surface area contributed by atoms with Crippen LogP contribution in [0.5, 0.6) is 0 Å². The zero-order valence-corrected chi connectivity index (χ0v) is 6.79. The molecule has 0 unspecified atom stereocenters. The summed E-state index contributed by atoms with van der Waals surface area (Å²) in [6.07, 6.45) is 2.00. The van der Waals surface area contributed by atoms with Crippen LogP contribution in [0.2, 0.25) is 0 Å². The Morgan fingerprint density at radius 1 is 1.18 bits per heavy atom. The molecule has 1 saturated carbocycles. The number of aliphatic hydroxyl groups excluding tert-OH is 1. The highest BCUT2D eigenvalue weighted by Crippen LogP contribution is 2.25. The molecule has 2 aliphatic rings. The van der Waals surface area contributed by atoms with Crippen molar-refractivity contribution >= 4 is 0 Å². The number of nitrogens with one attached hydrogen (secondary N) is 1. The van der Waals surface area contributed by atoms with Crippen molar-refractivity contribution in [2.45, 2.75) is 25.0 Å². The monoisotopic (exact) mass is 156 g/mol. The van der Waals surface area contributed by atoms with Crippen LogP contribution in [0.25, 0.3) is 0 Å². The van der Waals surface area contributed by atoms with Gasteiger partial charge in [-0.25, -0.2) is 0 Å². The molecule has 3 nitrogen and oxygen atoms in total. The zero-order chi connectivity index (χ0) is 7.68. The maximum absolute atomic E-state index is 9.11. The molecule has 0 aromatic rings. The maximum atomic E-state index is 9.11. The summed E-state index contributed by atoms with van der Waals surface area (Å²) in [7, 11) is 0. The van der Waals surface area contributed by atoms with Crippen LogP contribution in [0, 0.1) is 0 Å². The summed E-state index contributed by atoms with van der Waals surface area (Å²) in [5.74, 6) is 0. The Bertz CT molecular complexity index is 128. The number of hydrogen-bond donors (Lipinski definition) is 2. The minimum atomic E-state index is -0.00474. The third kappa shape index (κ3) is 1.55. The van der Waals surface area contributed by atoms with E-state index in [2.05, 4.69) is 10.2 Å². The highest BCUT2D eigenvalue weighted by molar-refractivity contribution is 4.88. The normalized spacial score (nSPS) is 40.1. The van der Waals surface area contributed by atoms with Gasteiger partial charge in [-0.2, -0.15) is 0 Å². The summed E-state index contributed by atoms with van der Waals surface area (Å²) >= 11 is 0. The quantitative estimate of drug-likeness (QED) is 0.533. The average Bonchev–Trinajstić information content (AvgIpc) is 2.01. The molecule has 0 atom stereocenters. The molecule has 11 heavy (non-hydrogen) atoms. The number of piperazine rings is 1. The first-order valence-electron chi connectivity index (χ1n) is 4.49. The molecule has 1 aliphatic heterocycles. The standard InChI is InChI=1S/C8H16N2O/c11-8-5-7(6-8)10-3-1-9-2-4-10/h7-9,11H,1-6H2. The van der Waals surface area contributed by atoms with Crippen LogP contribution in [-0.4, -0.2) is 48.3 Å². The lowest BCUT2D eigenvalue weighted by Crippen LogP contribution is -2.54. The lowest BCUT2D eigenvalue weighted by molar-refractivity contribution is -0.00272. The molecule has 1 aliphatic carbocycles. The highest BCUT2D eigenvalue weighted by atomic mass is 16.3. The topological polar surface area (TPSA) is 35.5 Å². The van der Waals surface area contributed by atoms with E-state index >= 15 is 0 Å². The van der Waals surface area contributed by atoms with Crippen LogP contribution < -0.4 is 5.32 Å². The first-order chi connectivity index (χ1) is 5.36. The summed E-state index contributed by atoms with van der Waals surface area (Å²) in [6.45, 7) is 4.56. The van der Waals surface area contributed by atoms with E-state index in [9.17, 15) is 0 Å². The molecule has 1 heterocycles. The molecule has 2 rings (SSSR count). The van der Waals surface area contributed by atoms with Gasteiger partial charge in [0.05, 0.1) is 6.10 Å². The number of hydrogen-bond acceptors (Lipinski definition) is 3. The fraction of sp³-hybridized carbons (Fsp3) is 1.00. The Labute approximate surface area is 67.4 Å². The summed E-state index contributed by atoms with van der Waals surface area (Å²) in [5.41, 5.74) is 0. The molecular weight excluding hydrogens is 140 g/mol. The second kappa shape index (κ2) is 3.09. The molecule has 0 bridgehead atoms. The van der Waals surface area contributed by atoms with Gasteiger partial charge in [0.1, 0.15) is 0 Å². The van der Waals surface area contributed by atoms with Gasteiger partial charge in [-0.3, -0.25) is 4.90 Å². The average molecular weight is 156 g/mol. The highest BCUT2D eigenvalue weighted by Gasteiger charge is 2.32. The van der Waals surface area contributed by atoms with E-state index < -0.39 is 0 Å². The van der Waals surface area contributed by atoms with Crippen LogP contribution in [-0.2, 0) is 0 Å². The third-order valence-corrected chi connectivity index (χ3v) is 2.76. The molecule has 2 N–H and O–H groups in total. The van der Waals surface area contributed by atoms with Crippen LogP contribution in [0.15, 0.2) is 0 Å². The third-order valence-electron chi connectivity index (χ3n) is 2.76. The van der Waals surface area contributed by atoms with E-state index in [1.165, 1.54) is 0 Å². The van der Waals surface area contributed by atoms with Crippen molar-refractivity contribution in [1.82, 2.24) is 10.2 Å². The van der Waals surface area contributed by atoms with Gasteiger partial charge in [-0.05, 0) is 12.8 Å². The van der Waals surface area contributed by atoms with E-state index in [1.54, 1.807) is 0 Å². The first kappa shape index (κ1) is 7.53. The number of rotatable bonds is 1. The summed E-state index contributed by atoms with van der Waals surface area (Å²) < 4.78 is 0. The van der Waals surface area contributed by atoms with Crippen LogP contribution in [0.4, 0.5) is 0 Å². The Morgan fingerprint density at radius 3 is 2.36 bits per heavy atom. The van der Waals surface area contributed by atoms with Gasteiger partial charge in [0, 0.05) is 32.2 Å². The van der Waals surface area contributed by atoms with Crippen molar-refractivity contribution < 1.29 is 5.11 Å². The minimum Gasteiger partial charge on any atom is -0.393 e. The Hall–Kier alpha value is -0.120. The predicted octanol–water partition coefficient (Wildman–Crippen LogP) is -0.585. The lowest BCUT2D eigenvalue weighted by Gasteiger charge is -2.42. The maximum Gasteiger partial charge on any atom is 0.0570 e. The van der Waals surface area contributed by atoms with E-state index in [0.29, 0.717) is 6.04 Å². The largest absolute Gasteiger partial charge is 0.393 e. The first-order valence-corrected chi connectivity index (χ1v) is 4.49. The minimum absolute atomic E-state index is 0.00474. The number of aliphatic hydroxyl groups is 1. The van der Waals surface area contributed by atoms with Crippen molar-refractivity contribution in [1.29, 1.82) is 0 Å². The van der Waals surface area contributed by atoms with Gasteiger partial charge in [0.2, 0.25) is 0 Å². The fourth-order valence-corrected chi connectivity index (χ4v) is 1.90. The van der Waals surface area contributed by atoms with Gasteiger partial charge in [-0.1, -0.05) is 0 Å². The van der Waals surface area contributed by atoms with Gasteiger partial charge in [0.25, 0.3) is 0 Å². The van der Waals surface area contributed by atoms with Crippen LogP contribution >= 0.6 is 0 Å². The predicted molar refractivity (Wildman–Crippen MR) is 43.5 cm³/mol. The summed E-state index contributed by atoms with van der Waals surface area (Å²) in [4.78, 5) is 2.49. The Balaban J connectivity index is 1.76. The molecule has 2 fully saturated rings. The summed E-state index contributed by atoms with van der Waals surface area (Å²) in [6, 6.07) is 0.687. The molecule has 0 radical (unpaired) electrons. The molecule has 0 aromatic heterocycles. The van der Waals surface area contributed by atoms with E-state index in [0.717, 1.165) is 39.0 Å². The van der Waals surface area contributed by atoms with E-state index in [1.807, 2.05) is 0 Å². The number of nitrogens with zero attached hydrogens (tertiary/aromatic N) is 1. The Kier molecular flexibility index (Phi) is 2.11. The molecule has 1 saturated heterocycles. The smallest absolute Gasteiger partial charge is 0.0570 e. The van der Waals surface area contributed by atoms with Crippen molar-refractivity contribution in [3.63, 3.8) is 0 Å². The van der Waals surface area contributed by atoms with E-state index in [4.69, 9.17) is 5.11 Å². The van der Waals surface area contributed by atoms with E-state index in [-0.39, 0.29) is 6.10 Å².